The fourth-order valence-electron chi connectivity index (χ4n) is 5.12. The van der Waals surface area contributed by atoms with Crippen molar-refractivity contribution in [3.05, 3.63) is 30.6 Å². The highest BCUT2D eigenvalue weighted by molar-refractivity contribution is 7.89. The van der Waals surface area contributed by atoms with E-state index in [1.807, 2.05) is 12.1 Å². The van der Waals surface area contributed by atoms with Crippen LogP contribution in [0.25, 0.3) is 11.0 Å². The third-order valence-corrected chi connectivity index (χ3v) is 7.45. The second-order valence-electron chi connectivity index (χ2n) is 9.12. The molecule has 174 valence electrons. The van der Waals surface area contributed by atoms with Crippen LogP contribution in [0.2, 0.25) is 0 Å². The van der Waals surface area contributed by atoms with Crippen molar-refractivity contribution in [1.29, 1.82) is 0 Å². The van der Waals surface area contributed by atoms with Gasteiger partial charge in [-0.05, 0) is 37.0 Å². The van der Waals surface area contributed by atoms with E-state index in [4.69, 9.17) is 15.2 Å². The van der Waals surface area contributed by atoms with Gasteiger partial charge in [0.2, 0.25) is 16.0 Å². The maximum atomic E-state index is 11.5. The minimum Gasteiger partial charge on any atom is -0.309 e. The van der Waals surface area contributed by atoms with E-state index >= 15 is 0 Å². The largest absolute Gasteiger partial charge is 0.309 e. The Bertz CT molecular complexity index is 1340. The topological polar surface area (TPSA) is 131 Å². The molecule has 0 atom stereocenters. The number of anilines is 3. The first-order chi connectivity index (χ1) is 15.7. The SMILES string of the molecule is CC(C)C1=NN(C)c2cc3cnc(Nc4ccc(S(N)(=O)=O)cn4)nc3n2C12CCCCC2. The number of hydrogen-bond acceptors (Lipinski definition) is 8. The molecule has 3 aromatic heterocycles. The average molecular weight is 469 g/mol. The fraction of sp³-hybridized carbons (Fsp3) is 0.455. The van der Waals surface area contributed by atoms with Gasteiger partial charge in [0.15, 0.2) is 0 Å². The van der Waals surface area contributed by atoms with E-state index in [2.05, 4.69) is 39.8 Å². The number of nitrogens with zero attached hydrogens (tertiary/aromatic N) is 6. The highest BCUT2D eigenvalue weighted by atomic mass is 32.2. The molecule has 1 spiro atoms. The Morgan fingerprint density at radius 2 is 1.88 bits per heavy atom. The van der Waals surface area contributed by atoms with Gasteiger partial charge in [-0.25, -0.2) is 23.5 Å². The summed E-state index contributed by atoms with van der Waals surface area (Å²) in [6.45, 7) is 4.41. The zero-order valence-corrected chi connectivity index (χ0v) is 19.8. The number of hydrogen-bond donors (Lipinski definition) is 2. The van der Waals surface area contributed by atoms with Crippen molar-refractivity contribution in [2.45, 2.75) is 56.4 Å². The monoisotopic (exact) mass is 468 g/mol. The van der Waals surface area contributed by atoms with Crippen LogP contribution in [0.5, 0.6) is 0 Å². The maximum Gasteiger partial charge on any atom is 0.239 e. The van der Waals surface area contributed by atoms with Crippen molar-refractivity contribution < 1.29 is 8.42 Å². The molecule has 0 unspecified atom stereocenters. The molecule has 1 fully saturated rings. The molecule has 0 aromatic carbocycles. The van der Waals surface area contributed by atoms with Crippen molar-refractivity contribution >= 4 is 44.4 Å². The molecule has 4 heterocycles. The van der Waals surface area contributed by atoms with E-state index in [0.717, 1.165) is 42.5 Å². The second kappa shape index (κ2) is 7.77. The molecule has 10 nitrogen and oxygen atoms in total. The summed E-state index contributed by atoms with van der Waals surface area (Å²) in [5.41, 5.74) is 1.87. The summed E-state index contributed by atoms with van der Waals surface area (Å²) in [7, 11) is -1.82. The van der Waals surface area contributed by atoms with Crippen LogP contribution in [0, 0.1) is 5.92 Å². The number of rotatable bonds is 4. The lowest BCUT2D eigenvalue weighted by Gasteiger charge is -2.46. The Morgan fingerprint density at radius 3 is 2.52 bits per heavy atom. The Hall–Kier alpha value is -3.05. The summed E-state index contributed by atoms with van der Waals surface area (Å²) in [5.74, 6) is 2.15. The highest BCUT2D eigenvalue weighted by Gasteiger charge is 2.45. The van der Waals surface area contributed by atoms with Crippen LogP contribution in [0.3, 0.4) is 0 Å². The number of fused-ring (bicyclic) bond motifs is 4. The molecule has 11 heteroatoms. The van der Waals surface area contributed by atoms with Gasteiger partial charge in [-0.15, -0.1) is 0 Å². The highest BCUT2D eigenvalue weighted by Crippen LogP contribution is 2.46. The molecule has 0 saturated heterocycles. The Morgan fingerprint density at radius 1 is 1.12 bits per heavy atom. The standard InChI is InChI=1S/C22H28N8O2S/c1-14(2)19-22(9-5-4-6-10-22)30-18(29(3)28-19)11-15-12-25-21(27-20(15)30)26-17-8-7-16(13-24-17)33(23,31)32/h7-8,11-14H,4-6,9-10H2,1-3H3,(H2,23,31,32)(H,24,25,26,27). The molecular weight excluding hydrogens is 440 g/mol. The molecule has 3 aromatic rings. The molecule has 2 aliphatic rings. The number of sulfonamides is 1. The lowest BCUT2D eigenvalue weighted by atomic mass is 9.74. The lowest BCUT2D eigenvalue weighted by Crippen LogP contribution is -2.50. The Balaban J connectivity index is 1.59. The minimum atomic E-state index is -3.80. The summed E-state index contributed by atoms with van der Waals surface area (Å²) >= 11 is 0. The molecule has 5 rings (SSSR count). The molecule has 0 bridgehead atoms. The predicted octanol–water partition coefficient (Wildman–Crippen LogP) is 3.34. The van der Waals surface area contributed by atoms with E-state index in [-0.39, 0.29) is 10.4 Å². The van der Waals surface area contributed by atoms with E-state index in [0.29, 0.717) is 17.7 Å². The van der Waals surface area contributed by atoms with Crippen LogP contribution in [-0.4, -0.2) is 40.7 Å². The number of pyridine rings is 1. The second-order valence-corrected chi connectivity index (χ2v) is 10.7. The molecule has 1 aliphatic carbocycles. The third-order valence-electron chi connectivity index (χ3n) is 6.55. The fourth-order valence-corrected chi connectivity index (χ4v) is 5.58. The number of hydrazone groups is 1. The normalized spacial score (nSPS) is 18.0. The van der Waals surface area contributed by atoms with Crippen LogP contribution in [0.1, 0.15) is 46.0 Å². The van der Waals surface area contributed by atoms with E-state index < -0.39 is 10.0 Å². The van der Waals surface area contributed by atoms with Gasteiger partial charge in [0.25, 0.3) is 0 Å². The third kappa shape index (κ3) is 3.65. The van der Waals surface area contributed by atoms with Crippen LogP contribution < -0.4 is 15.5 Å². The van der Waals surface area contributed by atoms with Gasteiger partial charge in [0.1, 0.15) is 22.2 Å². The zero-order chi connectivity index (χ0) is 23.4. The molecule has 33 heavy (non-hydrogen) atoms. The maximum absolute atomic E-state index is 11.5. The first-order valence-electron chi connectivity index (χ1n) is 11.2. The quantitative estimate of drug-likeness (QED) is 0.600. The lowest BCUT2D eigenvalue weighted by molar-refractivity contribution is 0.274. The van der Waals surface area contributed by atoms with Crippen molar-refractivity contribution in [2.24, 2.45) is 16.2 Å². The van der Waals surface area contributed by atoms with Gasteiger partial charge in [-0.2, -0.15) is 10.1 Å². The van der Waals surface area contributed by atoms with Gasteiger partial charge < -0.3 is 5.32 Å². The van der Waals surface area contributed by atoms with Gasteiger partial charge in [-0.1, -0.05) is 33.1 Å². The number of nitrogens with two attached hydrogens (primary N) is 1. The average Bonchev–Trinajstić information content (AvgIpc) is 3.17. The van der Waals surface area contributed by atoms with Crippen molar-refractivity contribution in [1.82, 2.24) is 19.5 Å². The van der Waals surface area contributed by atoms with Crippen molar-refractivity contribution in [3.8, 4) is 0 Å². The van der Waals surface area contributed by atoms with Gasteiger partial charge in [0, 0.05) is 24.8 Å². The van der Waals surface area contributed by atoms with E-state index in [1.165, 1.54) is 24.4 Å². The molecule has 1 saturated carbocycles. The summed E-state index contributed by atoms with van der Waals surface area (Å²) in [6.07, 6.45) is 8.65. The molecule has 0 radical (unpaired) electrons. The van der Waals surface area contributed by atoms with Crippen molar-refractivity contribution in [2.75, 3.05) is 17.4 Å². The summed E-state index contributed by atoms with van der Waals surface area (Å²) in [4.78, 5) is 13.4. The molecule has 3 N–H and O–H groups in total. The predicted molar refractivity (Wildman–Crippen MR) is 128 cm³/mol. The van der Waals surface area contributed by atoms with Crippen LogP contribution in [0.15, 0.2) is 40.6 Å². The first-order valence-corrected chi connectivity index (χ1v) is 12.7. The summed E-state index contributed by atoms with van der Waals surface area (Å²) < 4.78 is 25.3. The molecule has 1 aliphatic heterocycles. The van der Waals surface area contributed by atoms with Gasteiger partial charge in [0.05, 0.1) is 11.3 Å². The number of primary sulfonamides is 1. The minimum absolute atomic E-state index is 0.0483. The number of nitrogens with one attached hydrogen (secondary N) is 1. The molecule has 0 amide bonds. The summed E-state index contributed by atoms with van der Waals surface area (Å²) in [5, 5.41) is 16.1. The number of aromatic nitrogens is 4. The van der Waals surface area contributed by atoms with Crippen LogP contribution in [-0.2, 0) is 15.6 Å². The Labute approximate surface area is 193 Å². The van der Waals surface area contributed by atoms with E-state index in [1.54, 1.807) is 12.3 Å². The van der Waals surface area contributed by atoms with Gasteiger partial charge in [-0.3, -0.25) is 9.58 Å². The first kappa shape index (κ1) is 21.8. The smallest absolute Gasteiger partial charge is 0.239 e. The Kier molecular flexibility index (Phi) is 5.13. The summed E-state index contributed by atoms with van der Waals surface area (Å²) in [6, 6.07) is 5.04. The zero-order valence-electron chi connectivity index (χ0n) is 19.0. The van der Waals surface area contributed by atoms with Crippen LogP contribution in [0.4, 0.5) is 17.6 Å². The molecular formula is C22H28N8O2S. The van der Waals surface area contributed by atoms with Crippen molar-refractivity contribution in [3.63, 3.8) is 0 Å². The van der Waals surface area contributed by atoms with E-state index in [9.17, 15) is 8.42 Å². The van der Waals surface area contributed by atoms with Gasteiger partial charge >= 0.3 is 0 Å². The van der Waals surface area contributed by atoms with Crippen LogP contribution >= 0.6 is 0 Å².